The average molecular weight is 404 g/mol. The highest BCUT2D eigenvalue weighted by atomic mass is 35.5. The lowest BCUT2D eigenvalue weighted by molar-refractivity contribution is 0.0612. The number of halogens is 2. The third-order valence-electron chi connectivity index (χ3n) is 4.78. The third kappa shape index (κ3) is 5.55. The predicted octanol–water partition coefficient (Wildman–Crippen LogP) is 4.52. The molecule has 0 radical (unpaired) electrons. The van der Waals surface area contributed by atoms with Gasteiger partial charge in [0.05, 0.1) is 0 Å². The van der Waals surface area contributed by atoms with Crippen molar-refractivity contribution in [3.63, 3.8) is 0 Å². The Balaban J connectivity index is 1.50. The van der Waals surface area contributed by atoms with Crippen LogP contribution in [0.5, 0.6) is 0 Å². The van der Waals surface area contributed by atoms with E-state index in [1.54, 1.807) is 24.3 Å². The molecule has 1 heterocycles. The largest absolute Gasteiger partial charge is 0.336 e. The van der Waals surface area contributed by atoms with Crippen LogP contribution >= 0.6 is 23.2 Å². The molecule has 1 saturated heterocycles. The number of piperazine rings is 1. The van der Waals surface area contributed by atoms with Crippen LogP contribution in [0.4, 0.5) is 0 Å². The lowest BCUT2D eigenvalue weighted by atomic mass is 10.1. The molecule has 3 rings (SSSR count). The monoisotopic (exact) mass is 403 g/mol. The Morgan fingerprint density at radius 2 is 1.85 bits per heavy atom. The van der Waals surface area contributed by atoms with Crippen molar-refractivity contribution in [2.75, 3.05) is 26.2 Å². The first-order valence-electron chi connectivity index (χ1n) is 9.09. The Bertz CT molecular complexity index is 788. The van der Waals surface area contributed by atoms with Crippen LogP contribution in [0.2, 0.25) is 5.02 Å². The van der Waals surface area contributed by atoms with Crippen molar-refractivity contribution < 1.29 is 4.79 Å². The molecular weight excluding hydrogens is 381 g/mol. The van der Waals surface area contributed by atoms with Crippen molar-refractivity contribution in [1.29, 1.82) is 0 Å². The van der Waals surface area contributed by atoms with Gasteiger partial charge >= 0.3 is 0 Å². The summed E-state index contributed by atoms with van der Waals surface area (Å²) in [5, 5.41) is 1.35. The number of nitrogens with zero attached hydrogens (tertiary/aromatic N) is 3. The molecule has 1 unspecified atom stereocenters. The fourth-order valence-electron chi connectivity index (χ4n) is 3.14. The van der Waals surface area contributed by atoms with Gasteiger partial charge in [0.2, 0.25) is 0 Å². The second-order valence-corrected chi connectivity index (χ2v) is 7.55. The van der Waals surface area contributed by atoms with Crippen molar-refractivity contribution in [3.05, 3.63) is 70.4 Å². The molecule has 1 aliphatic heterocycles. The van der Waals surface area contributed by atoms with Gasteiger partial charge in [-0.3, -0.25) is 14.7 Å². The molecule has 0 aromatic heterocycles. The minimum Gasteiger partial charge on any atom is -0.336 e. The number of aliphatic imine (C=N–C) groups is 1. The predicted molar refractivity (Wildman–Crippen MR) is 113 cm³/mol. The molecule has 4 nitrogen and oxygen atoms in total. The van der Waals surface area contributed by atoms with Gasteiger partial charge in [0.25, 0.3) is 5.91 Å². The third-order valence-corrected chi connectivity index (χ3v) is 5.27. The fraction of sp³-hybridized carbons (Fsp3) is 0.333. The maximum atomic E-state index is 12.6. The minimum atomic E-state index is 0.0648. The number of amides is 1. The highest BCUT2D eigenvalue weighted by Crippen LogP contribution is 2.15. The summed E-state index contributed by atoms with van der Waals surface area (Å²) in [6, 6.07) is 7.33. The second-order valence-electron chi connectivity index (χ2n) is 6.67. The van der Waals surface area contributed by atoms with Crippen molar-refractivity contribution in [3.8, 4) is 0 Å². The number of carbonyl (C=O) groups excluding carboxylic acids is 1. The van der Waals surface area contributed by atoms with Crippen LogP contribution in [-0.2, 0) is 0 Å². The molecule has 1 amide bonds. The Labute approximate surface area is 170 Å². The van der Waals surface area contributed by atoms with E-state index >= 15 is 0 Å². The summed E-state index contributed by atoms with van der Waals surface area (Å²) < 4.78 is 0. The molecule has 1 fully saturated rings. The lowest BCUT2D eigenvalue weighted by Gasteiger charge is -2.37. The molecule has 1 atom stereocenters. The van der Waals surface area contributed by atoms with Crippen LogP contribution in [-0.4, -0.2) is 53.6 Å². The van der Waals surface area contributed by atoms with Gasteiger partial charge in [-0.25, -0.2) is 0 Å². The van der Waals surface area contributed by atoms with Gasteiger partial charge in [-0.15, -0.1) is 0 Å². The smallest absolute Gasteiger partial charge is 0.253 e. The molecule has 1 aromatic carbocycles. The average Bonchev–Trinajstić information content (AvgIpc) is 2.68. The molecule has 0 bridgehead atoms. The summed E-state index contributed by atoms with van der Waals surface area (Å²) in [6.45, 7) is 5.28. The van der Waals surface area contributed by atoms with Crippen LogP contribution in [0.15, 0.2) is 64.8 Å². The normalized spacial score (nSPS) is 20.9. The van der Waals surface area contributed by atoms with Crippen LogP contribution in [0, 0.1) is 0 Å². The topological polar surface area (TPSA) is 35.9 Å². The summed E-state index contributed by atoms with van der Waals surface area (Å²) in [4.78, 5) is 21.3. The number of carbonyl (C=O) groups is 1. The fourth-order valence-corrected chi connectivity index (χ4v) is 3.48. The van der Waals surface area contributed by atoms with E-state index in [2.05, 4.69) is 22.9 Å². The van der Waals surface area contributed by atoms with Gasteiger partial charge in [-0.2, -0.15) is 0 Å². The van der Waals surface area contributed by atoms with Crippen LogP contribution in [0.3, 0.4) is 0 Å². The molecule has 6 heteroatoms. The Kier molecular flexibility index (Phi) is 6.89. The van der Waals surface area contributed by atoms with E-state index in [-0.39, 0.29) is 11.9 Å². The van der Waals surface area contributed by atoms with Crippen molar-refractivity contribution in [1.82, 2.24) is 9.80 Å². The van der Waals surface area contributed by atoms with Gasteiger partial charge in [0.1, 0.15) is 0 Å². The van der Waals surface area contributed by atoms with Gasteiger partial charge in [0.15, 0.2) is 0 Å². The summed E-state index contributed by atoms with van der Waals surface area (Å²) >= 11 is 11.9. The van der Waals surface area contributed by atoms with Crippen LogP contribution < -0.4 is 0 Å². The zero-order chi connectivity index (χ0) is 19.2. The van der Waals surface area contributed by atoms with E-state index in [0.717, 1.165) is 38.3 Å². The highest BCUT2D eigenvalue weighted by Gasteiger charge is 2.23. The summed E-state index contributed by atoms with van der Waals surface area (Å²) in [7, 11) is 0. The van der Waals surface area contributed by atoms with Crippen LogP contribution in [0.1, 0.15) is 23.7 Å². The van der Waals surface area contributed by atoms with Gasteiger partial charge in [-0.1, -0.05) is 29.3 Å². The number of hydrogen-bond donors (Lipinski definition) is 0. The van der Waals surface area contributed by atoms with Crippen molar-refractivity contribution >= 4 is 34.8 Å². The first kappa shape index (κ1) is 19.9. The molecule has 1 aliphatic carbocycles. The Hall–Kier alpha value is -1.88. The summed E-state index contributed by atoms with van der Waals surface area (Å²) in [6.07, 6.45) is 10.5. The molecule has 142 valence electrons. The lowest BCUT2D eigenvalue weighted by Crippen LogP contribution is -2.50. The van der Waals surface area contributed by atoms with Gasteiger partial charge in [0, 0.05) is 66.2 Å². The minimum absolute atomic E-state index is 0.0648. The standard InChI is InChI=1S/C21H23Cl2N3O/c1-16(9-10-24-20-4-2-3-19(23)15-20)25-11-13-26(14-12-25)21(27)17-5-7-18(22)8-6-17/h2-3,5-10,15-16H,4,11-14H2,1H3/b10-9-,24-20?. The summed E-state index contributed by atoms with van der Waals surface area (Å²) in [5.74, 6) is 0.0648. The summed E-state index contributed by atoms with van der Waals surface area (Å²) in [5.41, 5.74) is 1.65. The zero-order valence-electron chi connectivity index (χ0n) is 15.3. The number of hydrogen-bond acceptors (Lipinski definition) is 3. The molecular formula is C21H23Cl2N3O. The Morgan fingerprint density at radius 1 is 1.15 bits per heavy atom. The number of rotatable bonds is 4. The van der Waals surface area contributed by atoms with E-state index in [0.29, 0.717) is 15.6 Å². The zero-order valence-corrected chi connectivity index (χ0v) is 16.8. The van der Waals surface area contributed by atoms with Crippen molar-refractivity contribution in [2.45, 2.75) is 19.4 Å². The van der Waals surface area contributed by atoms with E-state index in [9.17, 15) is 4.79 Å². The second kappa shape index (κ2) is 9.36. The van der Waals surface area contributed by atoms with Crippen LogP contribution in [0.25, 0.3) is 0 Å². The van der Waals surface area contributed by atoms with E-state index in [4.69, 9.17) is 23.2 Å². The number of allylic oxidation sites excluding steroid dienone is 4. The highest BCUT2D eigenvalue weighted by molar-refractivity contribution is 6.33. The first-order valence-corrected chi connectivity index (χ1v) is 9.84. The Morgan fingerprint density at radius 3 is 2.52 bits per heavy atom. The SMILES string of the molecule is CC(/C=C\N=C1C=C(Cl)C=CC1)N1CCN(C(=O)c2ccc(Cl)cc2)CC1. The van der Waals surface area contributed by atoms with Gasteiger partial charge in [-0.05, 0) is 49.4 Å². The molecule has 0 saturated carbocycles. The van der Waals surface area contributed by atoms with Gasteiger partial charge < -0.3 is 4.90 Å². The molecule has 27 heavy (non-hydrogen) atoms. The maximum absolute atomic E-state index is 12.6. The molecule has 1 aromatic rings. The van der Waals surface area contributed by atoms with E-state index < -0.39 is 0 Å². The maximum Gasteiger partial charge on any atom is 0.253 e. The molecule has 0 spiro atoms. The van der Waals surface area contributed by atoms with E-state index in [1.807, 2.05) is 29.3 Å². The van der Waals surface area contributed by atoms with E-state index in [1.165, 1.54) is 0 Å². The first-order chi connectivity index (χ1) is 13.0. The quantitative estimate of drug-likeness (QED) is 0.740. The number of benzene rings is 1. The molecule has 0 N–H and O–H groups in total. The van der Waals surface area contributed by atoms with Crippen molar-refractivity contribution in [2.24, 2.45) is 4.99 Å². The molecule has 2 aliphatic rings.